The summed E-state index contributed by atoms with van der Waals surface area (Å²) in [6.07, 6.45) is 2.46. The lowest BCUT2D eigenvalue weighted by Crippen LogP contribution is -2.41. The van der Waals surface area contributed by atoms with Gasteiger partial charge >= 0.3 is 6.03 Å². The van der Waals surface area contributed by atoms with Gasteiger partial charge < -0.3 is 15.4 Å². The molecule has 13 heavy (non-hydrogen) atoms. The molecule has 0 aromatic heterocycles. The third-order valence-corrected chi connectivity index (χ3v) is 2.50. The molecule has 0 atom stereocenters. The molecule has 0 aliphatic carbocycles. The lowest BCUT2D eigenvalue weighted by atomic mass is 9.92. The topological polar surface area (TPSA) is 63.4 Å². The Morgan fingerprint density at radius 3 is 2.31 bits per heavy atom. The van der Waals surface area contributed by atoms with Gasteiger partial charge in [0.2, 0.25) is 0 Å². The molecular formula is C9H16N2O2. The third-order valence-electron chi connectivity index (χ3n) is 2.50. The van der Waals surface area contributed by atoms with Crippen LogP contribution in [-0.4, -0.2) is 29.8 Å². The number of primary amides is 1. The number of ketones is 1. The molecule has 1 aliphatic heterocycles. The molecule has 0 bridgehead atoms. The van der Waals surface area contributed by atoms with Crippen LogP contribution in [0.5, 0.6) is 0 Å². The molecule has 4 heteroatoms. The van der Waals surface area contributed by atoms with Gasteiger partial charge in [-0.1, -0.05) is 0 Å². The highest BCUT2D eigenvalue weighted by atomic mass is 16.2. The molecule has 0 saturated carbocycles. The van der Waals surface area contributed by atoms with E-state index in [1.54, 1.807) is 11.8 Å². The molecule has 1 saturated heterocycles. The van der Waals surface area contributed by atoms with E-state index in [-0.39, 0.29) is 11.8 Å². The van der Waals surface area contributed by atoms with Gasteiger partial charge in [-0.2, -0.15) is 0 Å². The second-order valence-electron chi connectivity index (χ2n) is 3.67. The predicted octanol–water partition coefficient (Wildman–Crippen LogP) is 0.756. The van der Waals surface area contributed by atoms with Crippen LogP contribution in [0.2, 0.25) is 0 Å². The average molecular weight is 184 g/mol. The zero-order valence-electron chi connectivity index (χ0n) is 7.95. The van der Waals surface area contributed by atoms with Crippen molar-refractivity contribution in [3.05, 3.63) is 0 Å². The number of Topliss-reactive ketones (excluding diaryl/α,β-unsaturated/α-hetero) is 1. The van der Waals surface area contributed by atoms with Crippen LogP contribution >= 0.6 is 0 Å². The van der Waals surface area contributed by atoms with Gasteiger partial charge in [0.1, 0.15) is 5.78 Å². The number of piperidine rings is 1. The molecule has 1 aliphatic rings. The number of hydrogen-bond acceptors (Lipinski definition) is 2. The minimum Gasteiger partial charge on any atom is -0.351 e. The first kappa shape index (κ1) is 10.0. The number of rotatable bonds is 2. The van der Waals surface area contributed by atoms with Crippen molar-refractivity contribution >= 4 is 11.8 Å². The maximum atomic E-state index is 10.8. The standard InChI is InChI=1S/C9H16N2O2/c1-7(12)6-8-2-4-11(5-3-8)9(10)13/h8H,2-6H2,1H3,(H2,10,13). The summed E-state index contributed by atoms with van der Waals surface area (Å²) in [5, 5.41) is 0. The molecule has 74 valence electrons. The van der Waals surface area contributed by atoms with Crippen LogP contribution in [0.4, 0.5) is 4.79 Å². The van der Waals surface area contributed by atoms with E-state index in [0.29, 0.717) is 25.4 Å². The Morgan fingerprint density at radius 2 is 1.92 bits per heavy atom. The second-order valence-corrected chi connectivity index (χ2v) is 3.67. The normalized spacial score (nSPS) is 18.7. The van der Waals surface area contributed by atoms with Crippen LogP contribution in [0.3, 0.4) is 0 Å². The Morgan fingerprint density at radius 1 is 1.38 bits per heavy atom. The molecule has 0 unspecified atom stereocenters. The maximum absolute atomic E-state index is 10.8. The summed E-state index contributed by atoms with van der Waals surface area (Å²) in [6, 6.07) is -0.346. The summed E-state index contributed by atoms with van der Waals surface area (Å²) in [6.45, 7) is 3.01. The summed E-state index contributed by atoms with van der Waals surface area (Å²) in [5.74, 6) is 0.686. The molecule has 2 N–H and O–H groups in total. The molecule has 0 radical (unpaired) electrons. The van der Waals surface area contributed by atoms with Gasteiger partial charge in [0, 0.05) is 19.5 Å². The van der Waals surface area contributed by atoms with E-state index in [0.717, 1.165) is 12.8 Å². The van der Waals surface area contributed by atoms with Gasteiger partial charge in [-0.05, 0) is 25.7 Å². The fourth-order valence-corrected chi connectivity index (χ4v) is 1.76. The van der Waals surface area contributed by atoms with Crippen molar-refractivity contribution in [3.63, 3.8) is 0 Å². The molecule has 0 spiro atoms. The number of carbonyl (C=O) groups excluding carboxylic acids is 2. The number of nitrogens with zero attached hydrogens (tertiary/aromatic N) is 1. The number of urea groups is 1. The first-order valence-corrected chi connectivity index (χ1v) is 4.63. The van der Waals surface area contributed by atoms with E-state index >= 15 is 0 Å². The van der Waals surface area contributed by atoms with E-state index in [2.05, 4.69) is 0 Å². The van der Waals surface area contributed by atoms with Crippen molar-refractivity contribution in [1.82, 2.24) is 4.90 Å². The van der Waals surface area contributed by atoms with E-state index in [1.807, 2.05) is 0 Å². The lowest BCUT2D eigenvalue weighted by Gasteiger charge is -2.30. The zero-order valence-corrected chi connectivity index (χ0v) is 7.95. The average Bonchev–Trinajstić information content (AvgIpc) is 2.04. The van der Waals surface area contributed by atoms with Gasteiger partial charge in [0.05, 0.1) is 0 Å². The first-order chi connectivity index (χ1) is 6.09. The monoisotopic (exact) mass is 184 g/mol. The summed E-state index contributed by atoms with van der Waals surface area (Å²) in [7, 11) is 0. The first-order valence-electron chi connectivity index (χ1n) is 4.63. The molecule has 1 heterocycles. The molecule has 2 amide bonds. The molecule has 1 fully saturated rings. The minimum absolute atomic E-state index is 0.234. The number of hydrogen-bond donors (Lipinski definition) is 1. The van der Waals surface area contributed by atoms with Gasteiger partial charge in [0.25, 0.3) is 0 Å². The van der Waals surface area contributed by atoms with Crippen LogP contribution in [-0.2, 0) is 4.79 Å². The number of amides is 2. The maximum Gasteiger partial charge on any atom is 0.314 e. The highest BCUT2D eigenvalue weighted by Crippen LogP contribution is 2.20. The smallest absolute Gasteiger partial charge is 0.314 e. The summed E-state index contributed by atoms with van der Waals surface area (Å²) in [5.41, 5.74) is 5.13. The summed E-state index contributed by atoms with van der Waals surface area (Å²) < 4.78 is 0. The molecule has 0 aromatic carbocycles. The van der Waals surface area contributed by atoms with Crippen molar-refractivity contribution < 1.29 is 9.59 Å². The van der Waals surface area contributed by atoms with Crippen LogP contribution in [0.1, 0.15) is 26.2 Å². The van der Waals surface area contributed by atoms with E-state index in [9.17, 15) is 9.59 Å². The summed E-state index contributed by atoms with van der Waals surface area (Å²) >= 11 is 0. The Labute approximate surface area is 78.1 Å². The molecule has 0 aromatic rings. The van der Waals surface area contributed by atoms with E-state index in [1.165, 1.54) is 0 Å². The van der Waals surface area contributed by atoms with Crippen LogP contribution in [0, 0.1) is 5.92 Å². The summed E-state index contributed by atoms with van der Waals surface area (Å²) in [4.78, 5) is 23.2. The van der Waals surface area contributed by atoms with Crippen molar-refractivity contribution in [1.29, 1.82) is 0 Å². The molecular weight excluding hydrogens is 168 g/mol. The molecule has 1 rings (SSSR count). The van der Waals surface area contributed by atoms with Crippen molar-refractivity contribution in [2.24, 2.45) is 11.7 Å². The van der Waals surface area contributed by atoms with Crippen LogP contribution in [0.15, 0.2) is 0 Å². The van der Waals surface area contributed by atoms with Crippen molar-refractivity contribution in [2.75, 3.05) is 13.1 Å². The third kappa shape index (κ3) is 3.05. The quantitative estimate of drug-likeness (QED) is 0.688. The van der Waals surface area contributed by atoms with Gasteiger partial charge in [0.15, 0.2) is 0 Å². The predicted molar refractivity (Wildman–Crippen MR) is 49.2 cm³/mol. The lowest BCUT2D eigenvalue weighted by molar-refractivity contribution is -0.118. The number of carbonyl (C=O) groups is 2. The molecule has 4 nitrogen and oxygen atoms in total. The largest absolute Gasteiger partial charge is 0.351 e. The van der Waals surface area contributed by atoms with E-state index in [4.69, 9.17) is 5.73 Å². The van der Waals surface area contributed by atoms with E-state index < -0.39 is 0 Å². The van der Waals surface area contributed by atoms with Crippen LogP contribution < -0.4 is 5.73 Å². The van der Waals surface area contributed by atoms with Gasteiger partial charge in [-0.3, -0.25) is 0 Å². The fraction of sp³-hybridized carbons (Fsp3) is 0.778. The Kier molecular flexibility index (Phi) is 3.28. The Bertz CT molecular complexity index is 208. The van der Waals surface area contributed by atoms with Gasteiger partial charge in [-0.25, -0.2) is 4.79 Å². The zero-order chi connectivity index (χ0) is 9.84. The number of likely N-dealkylation sites (tertiary alicyclic amines) is 1. The van der Waals surface area contributed by atoms with Crippen molar-refractivity contribution in [2.45, 2.75) is 26.2 Å². The van der Waals surface area contributed by atoms with Gasteiger partial charge in [-0.15, -0.1) is 0 Å². The second kappa shape index (κ2) is 4.25. The van der Waals surface area contributed by atoms with Crippen molar-refractivity contribution in [3.8, 4) is 0 Å². The highest BCUT2D eigenvalue weighted by molar-refractivity contribution is 5.75. The highest BCUT2D eigenvalue weighted by Gasteiger charge is 2.21. The Balaban J connectivity index is 2.30. The Hall–Kier alpha value is -1.06. The number of nitrogens with two attached hydrogens (primary N) is 1. The van der Waals surface area contributed by atoms with Crippen LogP contribution in [0.25, 0.3) is 0 Å². The fourth-order valence-electron chi connectivity index (χ4n) is 1.76. The SMILES string of the molecule is CC(=O)CC1CCN(C(N)=O)CC1. The minimum atomic E-state index is -0.346.